The Balaban J connectivity index is 2.71. The predicted molar refractivity (Wildman–Crippen MR) is 76.5 cm³/mol. The van der Waals surface area contributed by atoms with E-state index in [-0.39, 0.29) is 6.10 Å². The Kier molecular flexibility index (Phi) is 6.84. The maximum atomic E-state index is 9.55. The van der Waals surface area contributed by atoms with Crippen molar-refractivity contribution in [1.82, 2.24) is 5.32 Å². The van der Waals surface area contributed by atoms with Gasteiger partial charge >= 0.3 is 0 Å². The predicted octanol–water partition coefficient (Wildman–Crippen LogP) is 1.88. The number of nitrogens with one attached hydrogen (secondary N) is 1. The summed E-state index contributed by atoms with van der Waals surface area (Å²) >= 11 is 0. The Morgan fingerprint density at radius 3 is 2.68 bits per heavy atom. The van der Waals surface area contributed by atoms with E-state index in [0.717, 1.165) is 30.0 Å². The zero-order valence-corrected chi connectivity index (χ0v) is 12.3. The highest BCUT2D eigenvalue weighted by Crippen LogP contribution is 2.25. The lowest BCUT2D eigenvalue weighted by atomic mass is 10.1. The van der Waals surface area contributed by atoms with Gasteiger partial charge in [-0.15, -0.1) is 0 Å². The standard InChI is InChI=1S/C15H25NO3/c1-11-6-5-7-14(10-16-8-9-18-4)15(11)19-13(3)12(2)17/h5-7,12-13,16-17H,8-10H2,1-4H3. The van der Waals surface area contributed by atoms with E-state index in [0.29, 0.717) is 6.61 Å². The molecule has 2 unspecified atom stereocenters. The lowest BCUT2D eigenvalue weighted by Gasteiger charge is -2.21. The fourth-order valence-electron chi connectivity index (χ4n) is 1.70. The number of ether oxygens (including phenoxy) is 2. The van der Waals surface area contributed by atoms with Gasteiger partial charge in [-0.05, 0) is 26.3 Å². The Morgan fingerprint density at radius 1 is 1.32 bits per heavy atom. The molecule has 0 spiro atoms. The van der Waals surface area contributed by atoms with E-state index in [9.17, 15) is 5.11 Å². The molecule has 0 heterocycles. The van der Waals surface area contributed by atoms with Gasteiger partial charge in [0.25, 0.3) is 0 Å². The molecule has 0 radical (unpaired) electrons. The first-order valence-electron chi connectivity index (χ1n) is 6.69. The molecule has 0 aliphatic heterocycles. The second kappa shape index (κ2) is 8.15. The molecular formula is C15H25NO3. The Hall–Kier alpha value is -1.10. The first-order chi connectivity index (χ1) is 9.06. The van der Waals surface area contributed by atoms with Crippen molar-refractivity contribution >= 4 is 0 Å². The topological polar surface area (TPSA) is 50.7 Å². The number of hydrogen-bond acceptors (Lipinski definition) is 4. The first kappa shape index (κ1) is 16.0. The van der Waals surface area contributed by atoms with Crippen LogP contribution in [-0.4, -0.2) is 37.6 Å². The fraction of sp³-hybridized carbons (Fsp3) is 0.600. The molecule has 2 atom stereocenters. The Labute approximate surface area is 115 Å². The minimum Gasteiger partial charge on any atom is -0.487 e. The number of aliphatic hydroxyl groups is 1. The molecule has 0 aliphatic rings. The molecule has 108 valence electrons. The third-order valence-corrected chi connectivity index (χ3v) is 3.07. The molecule has 1 aromatic carbocycles. The van der Waals surface area contributed by atoms with Crippen LogP contribution in [0.3, 0.4) is 0 Å². The molecule has 1 rings (SSSR count). The van der Waals surface area contributed by atoms with Crippen molar-refractivity contribution in [2.75, 3.05) is 20.3 Å². The maximum absolute atomic E-state index is 9.55. The number of methoxy groups -OCH3 is 1. The molecule has 0 bridgehead atoms. The summed E-state index contributed by atoms with van der Waals surface area (Å²) in [6.07, 6.45) is -0.715. The molecule has 2 N–H and O–H groups in total. The molecule has 4 nitrogen and oxygen atoms in total. The molecule has 1 aromatic rings. The van der Waals surface area contributed by atoms with Gasteiger partial charge in [0.2, 0.25) is 0 Å². The van der Waals surface area contributed by atoms with E-state index in [1.807, 2.05) is 32.0 Å². The highest BCUT2D eigenvalue weighted by Gasteiger charge is 2.14. The van der Waals surface area contributed by atoms with Crippen LogP contribution in [0.25, 0.3) is 0 Å². The summed E-state index contributed by atoms with van der Waals surface area (Å²) in [5, 5.41) is 12.9. The monoisotopic (exact) mass is 267 g/mol. The molecule has 0 aromatic heterocycles. The molecule has 0 amide bonds. The minimum atomic E-state index is -0.492. The molecule has 0 aliphatic carbocycles. The van der Waals surface area contributed by atoms with Gasteiger partial charge in [0.15, 0.2) is 0 Å². The van der Waals surface area contributed by atoms with Crippen LogP contribution in [0.5, 0.6) is 5.75 Å². The lowest BCUT2D eigenvalue weighted by Crippen LogP contribution is -2.27. The smallest absolute Gasteiger partial charge is 0.127 e. The zero-order valence-electron chi connectivity index (χ0n) is 12.3. The van der Waals surface area contributed by atoms with E-state index in [1.54, 1.807) is 14.0 Å². The van der Waals surface area contributed by atoms with Gasteiger partial charge in [-0.25, -0.2) is 0 Å². The third-order valence-electron chi connectivity index (χ3n) is 3.07. The summed E-state index contributed by atoms with van der Waals surface area (Å²) in [5.41, 5.74) is 2.18. The van der Waals surface area contributed by atoms with Crippen LogP contribution in [0, 0.1) is 6.92 Å². The average molecular weight is 267 g/mol. The minimum absolute atomic E-state index is 0.223. The molecule has 4 heteroatoms. The van der Waals surface area contributed by atoms with Crippen molar-refractivity contribution < 1.29 is 14.6 Å². The SMILES string of the molecule is COCCNCc1cccc(C)c1OC(C)C(C)O. The number of para-hydroxylation sites is 1. The second-order valence-electron chi connectivity index (χ2n) is 4.80. The quantitative estimate of drug-likeness (QED) is 0.706. The highest BCUT2D eigenvalue weighted by atomic mass is 16.5. The summed E-state index contributed by atoms with van der Waals surface area (Å²) in [6, 6.07) is 6.07. The summed E-state index contributed by atoms with van der Waals surface area (Å²) in [4.78, 5) is 0. The van der Waals surface area contributed by atoms with Gasteiger partial charge in [0.1, 0.15) is 11.9 Å². The summed E-state index contributed by atoms with van der Waals surface area (Å²) in [5.74, 6) is 0.862. The third kappa shape index (κ3) is 5.19. The van der Waals surface area contributed by atoms with Crippen LogP contribution in [0.1, 0.15) is 25.0 Å². The number of hydrogen-bond donors (Lipinski definition) is 2. The number of aliphatic hydroxyl groups excluding tert-OH is 1. The van der Waals surface area contributed by atoms with Crippen molar-refractivity contribution in [3.8, 4) is 5.75 Å². The van der Waals surface area contributed by atoms with Crippen molar-refractivity contribution in [3.63, 3.8) is 0 Å². The van der Waals surface area contributed by atoms with Gasteiger partial charge in [0, 0.05) is 25.8 Å². The average Bonchev–Trinajstić information content (AvgIpc) is 2.38. The van der Waals surface area contributed by atoms with Crippen LogP contribution in [-0.2, 0) is 11.3 Å². The summed E-state index contributed by atoms with van der Waals surface area (Å²) in [7, 11) is 1.69. The van der Waals surface area contributed by atoms with E-state index < -0.39 is 6.10 Å². The van der Waals surface area contributed by atoms with Crippen LogP contribution in [0.2, 0.25) is 0 Å². The summed E-state index contributed by atoms with van der Waals surface area (Å²) in [6.45, 7) is 7.84. The normalized spacial score (nSPS) is 14.2. The van der Waals surface area contributed by atoms with E-state index in [4.69, 9.17) is 9.47 Å². The largest absolute Gasteiger partial charge is 0.487 e. The van der Waals surface area contributed by atoms with Crippen molar-refractivity contribution in [1.29, 1.82) is 0 Å². The second-order valence-corrected chi connectivity index (χ2v) is 4.80. The van der Waals surface area contributed by atoms with Gasteiger partial charge in [-0.3, -0.25) is 0 Å². The van der Waals surface area contributed by atoms with E-state index in [2.05, 4.69) is 5.32 Å². The van der Waals surface area contributed by atoms with Gasteiger partial charge in [-0.2, -0.15) is 0 Å². The van der Waals surface area contributed by atoms with Crippen LogP contribution >= 0.6 is 0 Å². The van der Waals surface area contributed by atoms with Crippen molar-refractivity contribution in [3.05, 3.63) is 29.3 Å². The number of rotatable bonds is 8. The molecule has 19 heavy (non-hydrogen) atoms. The first-order valence-corrected chi connectivity index (χ1v) is 6.69. The Morgan fingerprint density at radius 2 is 2.05 bits per heavy atom. The van der Waals surface area contributed by atoms with Crippen LogP contribution in [0.4, 0.5) is 0 Å². The van der Waals surface area contributed by atoms with Gasteiger partial charge < -0.3 is 19.9 Å². The van der Waals surface area contributed by atoms with E-state index in [1.165, 1.54) is 0 Å². The molecular weight excluding hydrogens is 242 g/mol. The zero-order chi connectivity index (χ0) is 14.3. The number of benzene rings is 1. The summed E-state index contributed by atoms with van der Waals surface area (Å²) < 4.78 is 10.9. The highest BCUT2D eigenvalue weighted by molar-refractivity contribution is 5.40. The Bertz CT molecular complexity index is 380. The lowest BCUT2D eigenvalue weighted by molar-refractivity contribution is 0.0593. The van der Waals surface area contributed by atoms with Crippen LogP contribution in [0.15, 0.2) is 18.2 Å². The molecule has 0 fully saturated rings. The molecule has 0 saturated heterocycles. The van der Waals surface area contributed by atoms with E-state index >= 15 is 0 Å². The number of aryl methyl sites for hydroxylation is 1. The maximum Gasteiger partial charge on any atom is 0.127 e. The van der Waals surface area contributed by atoms with Crippen LogP contribution < -0.4 is 10.1 Å². The van der Waals surface area contributed by atoms with Gasteiger partial charge in [0.05, 0.1) is 12.7 Å². The van der Waals surface area contributed by atoms with Crippen molar-refractivity contribution in [2.24, 2.45) is 0 Å². The fourth-order valence-corrected chi connectivity index (χ4v) is 1.70. The molecule has 0 saturated carbocycles. The van der Waals surface area contributed by atoms with Gasteiger partial charge in [-0.1, -0.05) is 18.2 Å². The van der Waals surface area contributed by atoms with Crippen molar-refractivity contribution in [2.45, 2.75) is 39.5 Å².